The van der Waals surface area contributed by atoms with Gasteiger partial charge in [0.1, 0.15) is 17.0 Å². The first kappa shape index (κ1) is 14.4. The van der Waals surface area contributed by atoms with Crippen molar-refractivity contribution in [3.63, 3.8) is 0 Å². The molecule has 0 aromatic carbocycles. The Hall–Kier alpha value is -1.50. The molecule has 0 saturated carbocycles. The molecule has 0 saturated heterocycles. The zero-order valence-corrected chi connectivity index (χ0v) is 13.4. The van der Waals surface area contributed by atoms with E-state index in [1.54, 1.807) is 29.0 Å². The topological polar surface area (TPSA) is 58.0 Å². The molecule has 0 amide bonds. The van der Waals surface area contributed by atoms with Crippen molar-refractivity contribution < 1.29 is 5.11 Å². The molecule has 0 bridgehead atoms. The number of anilines is 1. The smallest absolute Gasteiger partial charge is 0.138 e. The van der Waals surface area contributed by atoms with Gasteiger partial charge in [0.05, 0.1) is 12.0 Å². The van der Waals surface area contributed by atoms with Crippen LogP contribution in [-0.2, 0) is 6.42 Å². The van der Waals surface area contributed by atoms with Gasteiger partial charge in [-0.3, -0.25) is 0 Å². The van der Waals surface area contributed by atoms with Crippen molar-refractivity contribution >= 4 is 38.7 Å². The molecule has 3 aromatic rings. The van der Waals surface area contributed by atoms with E-state index in [9.17, 15) is 5.11 Å². The first-order chi connectivity index (χ1) is 10.2. The number of hydrogen-bond donors (Lipinski definition) is 2. The number of aromatic nitrogens is 2. The summed E-state index contributed by atoms with van der Waals surface area (Å²) < 4.78 is 0. The average Bonchev–Trinajstić information content (AvgIpc) is 3.16. The third-order valence-corrected chi connectivity index (χ3v) is 5.20. The number of nitrogens with one attached hydrogen (secondary N) is 1. The Morgan fingerprint density at radius 3 is 2.90 bits per heavy atom. The lowest BCUT2D eigenvalue weighted by Crippen LogP contribution is -2.32. The van der Waals surface area contributed by atoms with Gasteiger partial charge in [0, 0.05) is 16.8 Å². The van der Waals surface area contributed by atoms with Gasteiger partial charge in [-0.15, -0.1) is 22.7 Å². The van der Waals surface area contributed by atoms with E-state index in [0.717, 1.165) is 22.5 Å². The fraction of sp³-hybridized carbons (Fsp3) is 0.333. The number of aliphatic hydroxyl groups excluding tert-OH is 1. The predicted octanol–water partition coefficient (Wildman–Crippen LogP) is 3.41. The van der Waals surface area contributed by atoms with Crippen LogP contribution in [0.15, 0.2) is 35.3 Å². The van der Waals surface area contributed by atoms with Crippen molar-refractivity contribution in [2.24, 2.45) is 5.41 Å². The molecule has 0 spiro atoms. The molecule has 0 aliphatic rings. The molecule has 3 aromatic heterocycles. The maximum absolute atomic E-state index is 9.77. The Bertz CT molecular complexity index is 711. The number of aliphatic hydroxyl groups is 1. The van der Waals surface area contributed by atoms with Crippen molar-refractivity contribution in [2.45, 2.75) is 13.3 Å². The highest BCUT2D eigenvalue weighted by molar-refractivity contribution is 7.16. The van der Waals surface area contributed by atoms with Gasteiger partial charge in [-0.1, -0.05) is 13.0 Å². The normalized spacial score (nSPS) is 14.2. The molecular weight excluding hydrogens is 302 g/mol. The minimum absolute atomic E-state index is 0.135. The zero-order valence-electron chi connectivity index (χ0n) is 11.7. The van der Waals surface area contributed by atoms with E-state index < -0.39 is 0 Å². The van der Waals surface area contributed by atoms with Crippen LogP contribution >= 0.6 is 22.7 Å². The summed E-state index contributed by atoms with van der Waals surface area (Å²) in [6.07, 6.45) is 2.43. The second-order valence-corrected chi connectivity index (χ2v) is 7.37. The molecule has 0 radical (unpaired) electrons. The van der Waals surface area contributed by atoms with Crippen LogP contribution in [0.5, 0.6) is 0 Å². The SMILES string of the molecule is CC(CO)(CNc1ncnc2sccc12)Cc1cccs1. The fourth-order valence-electron chi connectivity index (χ4n) is 2.24. The Kier molecular flexibility index (Phi) is 4.19. The molecule has 0 aliphatic carbocycles. The molecule has 110 valence electrons. The Morgan fingerprint density at radius 1 is 1.24 bits per heavy atom. The van der Waals surface area contributed by atoms with E-state index in [1.165, 1.54) is 4.88 Å². The molecule has 3 heterocycles. The van der Waals surface area contributed by atoms with Gasteiger partial charge < -0.3 is 10.4 Å². The Labute approximate surface area is 131 Å². The average molecular weight is 319 g/mol. The monoisotopic (exact) mass is 319 g/mol. The summed E-state index contributed by atoms with van der Waals surface area (Å²) in [4.78, 5) is 10.8. The summed E-state index contributed by atoms with van der Waals surface area (Å²) >= 11 is 3.33. The maximum atomic E-state index is 9.77. The largest absolute Gasteiger partial charge is 0.396 e. The fourth-order valence-corrected chi connectivity index (χ4v) is 3.89. The molecule has 6 heteroatoms. The minimum atomic E-state index is -0.210. The van der Waals surface area contributed by atoms with Gasteiger partial charge in [-0.25, -0.2) is 9.97 Å². The van der Waals surface area contributed by atoms with Gasteiger partial charge in [0.15, 0.2) is 0 Å². The highest BCUT2D eigenvalue weighted by Gasteiger charge is 2.24. The molecule has 4 nitrogen and oxygen atoms in total. The molecular formula is C15H17N3OS2. The van der Waals surface area contributed by atoms with Crippen molar-refractivity contribution in [2.75, 3.05) is 18.5 Å². The van der Waals surface area contributed by atoms with Crippen LogP contribution in [-0.4, -0.2) is 28.2 Å². The van der Waals surface area contributed by atoms with Crippen molar-refractivity contribution in [3.8, 4) is 0 Å². The second-order valence-electron chi connectivity index (χ2n) is 5.44. The second kappa shape index (κ2) is 6.09. The van der Waals surface area contributed by atoms with Crippen molar-refractivity contribution in [3.05, 3.63) is 40.2 Å². The van der Waals surface area contributed by atoms with Gasteiger partial charge >= 0.3 is 0 Å². The van der Waals surface area contributed by atoms with E-state index in [2.05, 4.69) is 33.7 Å². The Balaban J connectivity index is 1.74. The van der Waals surface area contributed by atoms with Crippen LogP contribution in [0.2, 0.25) is 0 Å². The van der Waals surface area contributed by atoms with Gasteiger partial charge in [0.25, 0.3) is 0 Å². The molecule has 0 fully saturated rings. The zero-order chi connectivity index (χ0) is 14.7. The standard InChI is InChI=1S/C15H17N3OS2/c1-15(9-19,7-11-3-2-5-20-11)8-16-13-12-4-6-21-14(12)18-10-17-13/h2-6,10,19H,7-9H2,1H3,(H,16,17,18). The lowest BCUT2D eigenvalue weighted by atomic mass is 9.87. The van der Waals surface area contributed by atoms with Crippen LogP contribution in [0, 0.1) is 5.41 Å². The summed E-state index contributed by atoms with van der Waals surface area (Å²) in [5.74, 6) is 0.840. The highest BCUT2D eigenvalue weighted by Crippen LogP contribution is 2.28. The first-order valence-corrected chi connectivity index (χ1v) is 8.51. The minimum Gasteiger partial charge on any atom is -0.396 e. The summed E-state index contributed by atoms with van der Waals surface area (Å²) in [6.45, 7) is 2.89. The van der Waals surface area contributed by atoms with E-state index in [4.69, 9.17) is 0 Å². The molecule has 21 heavy (non-hydrogen) atoms. The third kappa shape index (κ3) is 3.23. The third-order valence-electron chi connectivity index (χ3n) is 3.51. The van der Waals surface area contributed by atoms with Crippen molar-refractivity contribution in [1.29, 1.82) is 0 Å². The quantitative estimate of drug-likeness (QED) is 0.731. The number of hydrogen-bond acceptors (Lipinski definition) is 6. The highest BCUT2D eigenvalue weighted by atomic mass is 32.1. The Morgan fingerprint density at radius 2 is 2.14 bits per heavy atom. The van der Waals surface area contributed by atoms with Gasteiger partial charge in [-0.2, -0.15) is 0 Å². The molecule has 1 unspecified atom stereocenters. The summed E-state index contributed by atoms with van der Waals surface area (Å²) in [5, 5.41) is 18.3. The van der Waals surface area contributed by atoms with E-state index in [-0.39, 0.29) is 12.0 Å². The number of rotatable bonds is 6. The van der Waals surface area contributed by atoms with Crippen molar-refractivity contribution in [1.82, 2.24) is 9.97 Å². The molecule has 2 N–H and O–H groups in total. The van der Waals surface area contributed by atoms with E-state index >= 15 is 0 Å². The maximum Gasteiger partial charge on any atom is 0.138 e. The van der Waals surface area contributed by atoms with Crippen LogP contribution < -0.4 is 5.32 Å². The van der Waals surface area contributed by atoms with Crippen LogP contribution in [0.1, 0.15) is 11.8 Å². The number of fused-ring (bicyclic) bond motifs is 1. The van der Waals surface area contributed by atoms with Gasteiger partial charge in [0.2, 0.25) is 0 Å². The predicted molar refractivity (Wildman–Crippen MR) is 89.1 cm³/mol. The van der Waals surface area contributed by atoms with Crippen LogP contribution in [0.25, 0.3) is 10.2 Å². The summed E-state index contributed by atoms with van der Waals surface area (Å²) in [7, 11) is 0. The molecule has 1 atom stereocenters. The van der Waals surface area contributed by atoms with Crippen LogP contribution in [0.3, 0.4) is 0 Å². The first-order valence-electron chi connectivity index (χ1n) is 6.75. The summed E-state index contributed by atoms with van der Waals surface area (Å²) in [5.41, 5.74) is -0.210. The molecule has 0 aliphatic heterocycles. The van der Waals surface area contributed by atoms with Gasteiger partial charge in [-0.05, 0) is 29.3 Å². The van der Waals surface area contributed by atoms with E-state index in [0.29, 0.717) is 6.54 Å². The number of nitrogens with zero attached hydrogens (tertiary/aromatic N) is 2. The van der Waals surface area contributed by atoms with Crippen LogP contribution in [0.4, 0.5) is 5.82 Å². The summed E-state index contributed by atoms with van der Waals surface area (Å²) in [6, 6.07) is 6.18. The van der Waals surface area contributed by atoms with E-state index in [1.807, 2.05) is 17.5 Å². The number of thiophene rings is 2. The lowest BCUT2D eigenvalue weighted by Gasteiger charge is -2.27. The lowest BCUT2D eigenvalue weighted by molar-refractivity contribution is 0.154. The molecule has 3 rings (SSSR count).